The molecule has 11 nitrogen and oxygen atoms in total. The van der Waals surface area contributed by atoms with Crippen LogP contribution in [-0.4, -0.2) is 43.1 Å². The van der Waals surface area contributed by atoms with Gasteiger partial charge < -0.3 is 26.4 Å². The number of fused-ring (bicyclic) bond motifs is 1. The van der Waals surface area contributed by atoms with Crippen LogP contribution in [0.1, 0.15) is 37.5 Å². The smallest absolute Gasteiger partial charge is 0.418 e. The predicted octanol–water partition coefficient (Wildman–Crippen LogP) is 5.47. The van der Waals surface area contributed by atoms with Crippen molar-refractivity contribution in [1.82, 2.24) is 10.3 Å². The number of anilines is 3. The summed E-state index contributed by atoms with van der Waals surface area (Å²) >= 11 is 6.30. The van der Waals surface area contributed by atoms with Crippen molar-refractivity contribution in [3.8, 4) is 0 Å². The molecule has 3 aromatic carbocycles. The SMILES string of the molecule is CCc1cc(C(Nc2ccc3c(N)nccc3c2)(OC(=O)C(F)(F)F)C(=O)NCc2cc(NC(C)=O)ccc2S(=O)(=O)CC)ccc1Cl. The molecule has 4 rings (SSSR count). The highest BCUT2D eigenvalue weighted by molar-refractivity contribution is 7.91. The third-order valence-electron chi connectivity index (χ3n) is 7.28. The number of alkyl halides is 3. The van der Waals surface area contributed by atoms with Gasteiger partial charge in [-0.15, -0.1) is 0 Å². The van der Waals surface area contributed by atoms with Crippen LogP contribution in [0.15, 0.2) is 71.8 Å². The summed E-state index contributed by atoms with van der Waals surface area (Å²) in [6.07, 6.45) is -3.81. The number of hydrogen-bond donors (Lipinski definition) is 4. The molecule has 5 N–H and O–H groups in total. The van der Waals surface area contributed by atoms with Crippen LogP contribution in [0, 0.1) is 0 Å². The zero-order chi connectivity index (χ0) is 35.4. The summed E-state index contributed by atoms with van der Waals surface area (Å²) in [4.78, 5) is 42.3. The molecule has 0 aliphatic heterocycles. The van der Waals surface area contributed by atoms with Gasteiger partial charge in [-0.25, -0.2) is 18.2 Å². The summed E-state index contributed by atoms with van der Waals surface area (Å²) in [5, 5.41) is 8.91. The molecule has 4 aromatic rings. The Morgan fingerprint density at radius 3 is 2.31 bits per heavy atom. The Morgan fingerprint density at radius 1 is 0.958 bits per heavy atom. The molecule has 1 aromatic heterocycles. The molecule has 0 saturated carbocycles. The van der Waals surface area contributed by atoms with E-state index in [0.717, 1.165) is 0 Å². The van der Waals surface area contributed by atoms with E-state index in [2.05, 4.69) is 20.9 Å². The van der Waals surface area contributed by atoms with Crippen molar-refractivity contribution in [3.05, 3.63) is 88.6 Å². The number of hydrogen-bond acceptors (Lipinski definition) is 9. The minimum absolute atomic E-state index is 0.00605. The second-order valence-electron chi connectivity index (χ2n) is 10.6. The summed E-state index contributed by atoms with van der Waals surface area (Å²) in [6, 6.07) is 13.8. The molecule has 1 heterocycles. The minimum Gasteiger partial charge on any atom is -0.418 e. The highest BCUT2D eigenvalue weighted by Gasteiger charge is 2.52. The number of aromatic nitrogens is 1. The van der Waals surface area contributed by atoms with Crippen LogP contribution >= 0.6 is 11.6 Å². The summed E-state index contributed by atoms with van der Waals surface area (Å²) in [6.45, 7) is 3.80. The first kappa shape index (κ1) is 36.0. The van der Waals surface area contributed by atoms with Gasteiger partial charge >= 0.3 is 12.1 Å². The number of nitrogens with two attached hydrogens (primary N) is 1. The van der Waals surface area contributed by atoms with E-state index in [0.29, 0.717) is 22.8 Å². The van der Waals surface area contributed by atoms with Crippen molar-refractivity contribution in [2.75, 3.05) is 22.1 Å². The number of pyridine rings is 1. The lowest BCUT2D eigenvalue weighted by Gasteiger charge is -2.35. The van der Waals surface area contributed by atoms with Gasteiger partial charge in [0.2, 0.25) is 5.91 Å². The van der Waals surface area contributed by atoms with E-state index in [1.807, 2.05) is 0 Å². The highest BCUT2D eigenvalue weighted by Crippen LogP contribution is 2.35. The lowest BCUT2D eigenvalue weighted by molar-refractivity contribution is -0.213. The topological polar surface area (TPSA) is 170 Å². The number of carbonyl (C=O) groups excluding carboxylic acids is 3. The maximum absolute atomic E-state index is 14.3. The van der Waals surface area contributed by atoms with Crippen LogP contribution < -0.4 is 21.7 Å². The van der Waals surface area contributed by atoms with Gasteiger partial charge in [-0.1, -0.05) is 31.5 Å². The third kappa shape index (κ3) is 7.80. The van der Waals surface area contributed by atoms with Gasteiger partial charge in [0.25, 0.3) is 11.6 Å². The molecule has 0 saturated heterocycles. The average molecular weight is 706 g/mol. The number of carbonyl (C=O) groups is 3. The quantitative estimate of drug-likeness (QED) is 0.117. The Hall–Kier alpha value is -4.89. The van der Waals surface area contributed by atoms with Crippen molar-refractivity contribution in [1.29, 1.82) is 0 Å². The van der Waals surface area contributed by atoms with Crippen molar-refractivity contribution < 1.29 is 40.7 Å². The Balaban J connectivity index is 1.90. The third-order valence-corrected chi connectivity index (χ3v) is 9.48. The van der Waals surface area contributed by atoms with Gasteiger partial charge in [-0.05, 0) is 77.5 Å². The number of sulfone groups is 1. The normalized spacial score (nSPS) is 13.0. The summed E-state index contributed by atoms with van der Waals surface area (Å²) < 4.78 is 72.3. The number of rotatable bonds is 11. The van der Waals surface area contributed by atoms with Crippen LogP contribution in [0.3, 0.4) is 0 Å². The van der Waals surface area contributed by atoms with E-state index in [4.69, 9.17) is 22.1 Å². The van der Waals surface area contributed by atoms with Crippen molar-refractivity contribution in [2.24, 2.45) is 0 Å². The van der Waals surface area contributed by atoms with Crippen molar-refractivity contribution in [2.45, 2.75) is 50.5 Å². The molecular formula is C32H31ClF3N5O6S. The Bertz CT molecular complexity index is 2010. The second-order valence-corrected chi connectivity index (χ2v) is 13.2. The molecule has 16 heteroatoms. The molecule has 0 aliphatic carbocycles. The van der Waals surface area contributed by atoms with E-state index in [1.165, 1.54) is 74.6 Å². The molecule has 1 unspecified atom stereocenters. The molecule has 2 amide bonds. The molecule has 48 heavy (non-hydrogen) atoms. The zero-order valence-corrected chi connectivity index (χ0v) is 27.4. The Morgan fingerprint density at radius 2 is 1.67 bits per heavy atom. The predicted molar refractivity (Wildman–Crippen MR) is 175 cm³/mol. The molecule has 0 bridgehead atoms. The number of esters is 1. The van der Waals surface area contributed by atoms with Crippen LogP contribution in [0.4, 0.5) is 30.4 Å². The molecule has 1 atom stereocenters. The lowest BCUT2D eigenvalue weighted by Crippen LogP contribution is -2.54. The molecule has 0 radical (unpaired) electrons. The van der Waals surface area contributed by atoms with Crippen LogP contribution in [-0.2, 0) is 47.6 Å². The molecule has 0 aliphatic rings. The Labute approximate surface area is 278 Å². The monoisotopic (exact) mass is 705 g/mol. The van der Waals surface area contributed by atoms with Crippen molar-refractivity contribution in [3.63, 3.8) is 0 Å². The van der Waals surface area contributed by atoms with E-state index in [1.54, 1.807) is 13.0 Å². The number of amides is 2. The van der Waals surface area contributed by atoms with E-state index < -0.39 is 46.1 Å². The maximum atomic E-state index is 14.3. The second kappa shape index (κ2) is 14.1. The number of aryl methyl sites for hydroxylation is 1. The molecule has 0 fully saturated rings. The first-order valence-corrected chi connectivity index (χ1v) is 16.5. The van der Waals surface area contributed by atoms with E-state index in [9.17, 15) is 36.0 Å². The summed E-state index contributed by atoms with van der Waals surface area (Å²) in [5.74, 6) is -4.57. The van der Waals surface area contributed by atoms with Crippen LogP contribution in [0.5, 0.6) is 0 Å². The maximum Gasteiger partial charge on any atom is 0.491 e. The molecule has 254 valence electrons. The number of halogens is 4. The number of nitrogen functional groups attached to an aromatic ring is 1. The van der Waals surface area contributed by atoms with Crippen LogP contribution in [0.25, 0.3) is 10.8 Å². The summed E-state index contributed by atoms with van der Waals surface area (Å²) in [7, 11) is -3.88. The van der Waals surface area contributed by atoms with Gasteiger partial charge in [-0.2, -0.15) is 13.2 Å². The largest absolute Gasteiger partial charge is 0.491 e. The lowest BCUT2D eigenvalue weighted by atomic mass is 9.97. The number of nitrogens with one attached hydrogen (secondary N) is 3. The first-order valence-electron chi connectivity index (χ1n) is 14.4. The molecular weight excluding hydrogens is 675 g/mol. The number of ether oxygens (including phenoxy) is 1. The van der Waals surface area contributed by atoms with Gasteiger partial charge in [0, 0.05) is 47.0 Å². The number of nitrogens with zero attached hydrogens (tertiary/aromatic N) is 1. The standard InChI is InChI=1S/C32H31ClF3N5O6S/c1-4-19-14-22(6-10-26(19)33)31(47-30(44)32(34,35)36,41-24-7-9-25-20(15-24)12-13-38-28(25)37)29(43)39-17-21-16-23(40-18(3)42)8-11-27(21)48(45,46)5-2/h6-16,41H,4-5,17H2,1-3H3,(H2,37,38)(H,39,43)(H,40,42). The Kier molecular flexibility index (Phi) is 10.5. The fraction of sp³-hybridized carbons (Fsp3) is 0.250. The number of benzene rings is 3. The van der Waals surface area contributed by atoms with Gasteiger partial charge in [-0.3, -0.25) is 9.59 Å². The zero-order valence-electron chi connectivity index (χ0n) is 25.9. The van der Waals surface area contributed by atoms with Crippen LogP contribution in [0.2, 0.25) is 5.02 Å². The summed E-state index contributed by atoms with van der Waals surface area (Å²) in [5.41, 5.74) is 3.52. The fourth-order valence-corrected chi connectivity index (χ4v) is 6.26. The van der Waals surface area contributed by atoms with Gasteiger partial charge in [0.1, 0.15) is 5.82 Å². The van der Waals surface area contributed by atoms with E-state index >= 15 is 0 Å². The molecule has 0 spiro atoms. The minimum atomic E-state index is -5.52. The highest BCUT2D eigenvalue weighted by atomic mass is 35.5. The van der Waals surface area contributed by atoms with Gasteiger partial charge in [0.05, 0.1) is 10.6 Å². The van der Waals surface area contributed by atoms with E-state index in [-0.39, 0.29) is 44.0 Å². The van der Waals surface area contributed by atoms with Crippen molar-refractivity contribution >= 4 is 67.2 Å². The average Bonchev–Trinajstić information content (AvgIpc) is 3.02. The van der Waals surface area contributed by atoms with Gasteiger partial charge in [0.15, 0.2) is 9.84 Å². The fourth-order valence-electron chi connectivity index (χ4n) is 4.89. The first-order chi connectivity index (χ1) is 22.5.